The van der Waals surface area contributed by atoms with E-state index in [1.165, 1.54) is 18.9 Å². The Hall–Kier alpha value is -1.42. The van der Waals surface area contributed by atoms with Crippen molar-refractivity contribution in [3.8, 4) is 0 Å². The summed E-state index contributed by atoms with van der Waals surface area (Å²) in [5, 5.41) is 3.40. The smallest absolute Gasteiger partial charge is 0.227 e. The second kappa shape index (κ2) is 6.56. The van der Waals surface area contributed by atoms with Gasteiger partial charge in [0.1, 0.15) is 5.82 Å². The summed E-state index contributed by atoms with van der Waals surface area (Å²) in [5.74, 6) is 0.345. The Morgan fingerprint density at radius 3 is 2.76 bits per heavy atom. The molecule has 1 unspecified atom stereocenters. The molecule has 2 aliphatic rings. The molecule has 2 fully saturated rings. The van der Waals surface area contributed by atoms with Crippen LogP contribution in [0.4, 0.5) is 4.39 Å². The first-order valence-electron chi connectivity index (χ1n) is 7.97. The second-order valence-corrected chi connectivity index (χ2v) is 6.26. The zero-order valence-electron chi connectivity index (χ0n) is 12.4. The Balaban J connectivity index is 1.63. The SMILES string of the molecule is O=C(Cc1ccccc1F)N(CC1CCCNC1)C1CC1. The van der Waals surface area contributed by atoms with Gasteiger partial charge in [0.15, 0.2) is 0 Å². The van der Waals surface area contributed by atoms with Gasteiger partial charge in [0, 0.05) is 12.6 Å². The van der Waals surface area contributed by atoms with Crippen LogP contribution in [0.25, 0.3) is 0 Å². The van der Waals surface area contributed by atoms with Crippen LogP contribution in [0.1, 0.15) is 31.2 Å². The monoisotopic (exact) mass is 290 g/mol. The number of rotatable bonds is 5. The van der Waals surface area contributed by atoms with E-state index in [1.807, 2.05) is 4.90 Å². The Morgan fingerprint density at radius 1 is 1.29 bits per heavy atom. The van der Waals surface area contributed by atoms with E-state index in [9.17, 15) is 9.18 Å². The molecule has 1 aromatic carbocycles. The highest BCUT2D eigenvalue weighted by Crippen LogP contribution is 2.29. The van der Waals surface area contributed by atoms with Gasteiger partial charge in [0.05, 0.1) is 6.42 Å². The van der Waals surface area contributed by atoms with Crippen LogP contribution in [0, 0.1) is 11.7 Å². The van der Waals surface area contributed by atoms with E-state index in [0.29, 0.717) is 17.5 Å². The van der Waals surface area contributed by atoms with Crippen molar-refractivity contribution in [3.63, 3.8) is 0 Å². The summed E-state index contributed by atoms with van der Waals surface area (Å²) < 4.78 is 13.7. The molecule has 1 aliphatic heterocycles. The van der Waals surface area contributed by atoms with Gasteiger partial charge in [-0.15, -0.1) is 0 Å². The number of halogens is 1. The van der Waals surface area contributed by atoms with Crippen LogP contribution in [0.5, 0.6) is 0 Å². The molecule has 1 heterocycles. The maximum Gasteiger partial charge on any atom is 0.227 e. The third-order valence-corrected chi connectivity index (χ3v) is 4.46. The van der Waals surface area contributed by atoms with Crippen LogP contribution in [-0.4, -0.2) is 36.5 Å². The lowest BCUT2D eigenvalue weighted by Gasteiger charge is -2.30. The van der Waals surface area contributed by atoms with E-state index in [4.69, 9.17) is 0 Å². The summed E-state index contributed by atoms with van der Waals surface area (Å²) in [6.07, 6.45) is 4.75. The zero-order valence-corrected chi connectivity index (χ0v) is 12.4. The number of hydrogen-bond acceptors (Lipinski definition) is 2. The average molecular weight is 290 g/mol. The molecule has 0 radical (unpaired) electrons. The molecule has 1 aliphatic carbocycles. The van der Waals surface area contributed by atoms with Crippen LogP contribution < -0.4 is 5.32 Å². The second-order valence-electron chi connectivity index (χ2n) is 6.26. The number of piperidine rings is 1. The van der Waals surface area contributed by atoms with Crippen LogP contribution in [-0.2, 0) is 11.2 Å². The molecule has 1 amide bonds. The number of nitrogens with one attached hydrogen (secondary N) is 1. The first-order valence-corrected chi connectivity index (χ1v) is 7.97. The Morgan fingerprint density at radius 2 is 2.10 bits per heavy atom. The number of nitrogens with zero attached hydrogens (tertiary/aromatic N) is 1. The van der Waals surface area contributed by atoms with Crippen molar-refractivity contribution in [2.45, 2.75) is 38.1 Å². The van der Waals surface area contributed by atoms with Crippen molar-refractivity contribution in [1.82, 2.24) is 10.2 Å². The van der Waals surface area contributed by atoms with Gasteiger partial charge in [-0.25, -0.2) is 4.39 Å². The minimum atomic E-state index is -0.277. The molecular formula is C17H23FN2O. The zero-order chi connectivity index (χ0) is 14.7. The largest absolute Gasteiger partial charge is 0.339 e. The van der Waals surface area contributed by atoms with Gasteiger partial charge >= 0.3 is 0 Å². The molecule has 1 saturated heterocycles. The molecule has 1 N–H and O–H groups in total. The molecule has 0 aromatic heterocycles. The lowest BCUT2D eigenvalue weighted by Crippen LogP contribution is -2.42. The van der Waals surface area contributed by atoms with Crippen molar-refractivity contribution in [2.75, 3.05) is 19.6 Å². The Kier molecular flexibility index (Phi) is 4.54. The maximum atomic E-state index is 13.7. The number of carbonyl (C=O) groups excluding carboxylic acids is 1. The highest BCUT2D eigenvalue weighted by molar-refractivity contribution is 5.79. The first kappa shape index (κ1) is 14.5. The maximum absolute atomic E-state index is 13.7. The van der Waals surface area contributed by atoms with Crippen LogP contribution >= 0.6 is 0 Å². The fourth-order valence-electron chi connectivity index (χ4n) is 3.10. The summed E-state index contributed by atoms with van der Waals surface area (Å²) in [6, 6.07) is 6.98. The Labute approximate surface area is 125 Å². The lowest BCUT2D eigenvalue weighted by atomic mass is 9.98. The normalized spacial score (nSPS) is 22.0. The molecule has 0 bridgehead atoms. The van der Waals surface area contributed by atoms with Crippen LogP contribution in [0.15, 0.2) is 24.3 Å². The van der Waals surface area contributed by atoms with Gasteiger partial charge in [-0.05, 0) is 56.3 Å². The van der Waals surface area contributed by atoms with Gasteiger partial charge in [-0.3, -0.25) is 4.79 Å². The molecule has 3 rings (SSSR count). The summed E-state index contributed by atoms with van der Waals surface area (Å²) in [6.45, 7) is 2.91. The van der Waals surface area contributed by atoms with Gasteiger partial charge in [-0.1, -0.05) is 18.2 Å². The molecule has 1 saturated carbocycles. The summed E-state index contributed by atoms with van der Waals surface area (Å²) in [7, 11) is 0. The van der Waals surface area contributed by atoms with Gasteiger partial charge < -0.3 is 10.2 Å². The quantitative estimate of drug-likeness (QED) is 0.903. The van der Waals surface area contributed by atoms with E-state index < -0.39 is 0 Å². The van der Waals surface area contributed by atoms with E-state index >= 15 is 0 Å². The minimum Gasteiger partial charge on any atom is -0.339 e. The average Bonchev–Trinajstić information content (AvgIpc) is 3.33. The minimum absolute atomic E-state index is 0.0770. The Bertz CT molecular complexity index is 495. The summed E-state index contributed by atoms with van der Waals surface area (Å²) in [4.78, 5) is 14.6. The molecule has 4 heteroatoms. The highest BCUT2D eigenvalue weighted by atomic mass is 19.1. The fraction of sp³-hybridized carbons (Fsp3) is 0.588. The van der Waals surface area contributed by atoms with Crippen molar-refractivity contribution < 1.29 is 9.18 Å². The molecule has 1 atom stereocenters. The molecule has 1 aromatic rings. The van der Waals surface area contributed by atoms with Crippen molar-refractivity contribution in [3.05, 3.63) is 35.6 Å². The predicted molar refractivity (Wildman–Crippen MR) is 80.4 cm³/mol. The predicted octanol–water partition coefficient (Wildman–Crippen LogP) is 2.36. The lowest BCUT2D eigenvalue weighted by molar-refractivity contribution is -0.131. The van der Waals surface area contributed by atoms with Crippen LogP contribution in [0.3, 0.4) is 0 Å². The van der Waals surface area contributed by atoms with E-state index in [-0.39, 0.29) is 18.1 Å². The van der Waals surface area contributed by atoms with E-state index in [0.717, 1.165) is 32.5 Å². The number of carbonyl (C=O) groups is 1. The molecule has 0 spiro atoms. The highest BCUT2D eigenvalue weighted by Gasteiger charge is 2.34. The topological polar surface area (TPSA) is 32.3 Å². The number of benzene rings is 1. The third-order valence-electron chi connectivity index (χ3n) is 4.46. The van der Waals surface area contributed by atoms with Gasteiger partial charge in [0.2, 0.25) is 5.91 Å². The number of hydrogen-bond donors (Lipinski definition) is 1. The first-order chi connectivity index (χ1) is 10.2. The van der Waals surface area contributed by atoms with Crippen molar-refractivity contribution in [1.29, 1.82) is 0 Å². The standard InChI is InChI=1S/C17H23FN2O/c18-16-6-2-1-5-14(16)10-17(21)20(15-7-8-15)12-13-4-3-9-19-11-13/h1-2,5-6,13,15,19H,3-4,7-12H2. The summed E-state index contributed by atoms with van der Waals surface area (Å²) in [5.41, 5.74) is 0.509. The molecule has 114 valence electrons. The van der Waals surface area contributed by atoms with Crippen molar-refractivity contribution in [2.24, 2.45) is 5.92 Å². The van der Waals surface area contributed by atoms with Gasteiger partial charge in [0.25, 0.3) is 0 Å². The van der Waals surface area contributed by atoms with E-state index in [2.05, 4.69) is 5.32 Å². The third kappa shape index (κ3) is 3.82. The number of amides is 1. The summed E-state index contributed by atoms with van der Waals surface area (Å²) >= 11 is 0. The molecule has 3 nitrogen and oxygen atoms in total. The van der Waals surface area contributed by atoms with Crippen molar-refractivity contribution >= 4 is 5.91 Å². The van der Waals surface area contributed by atoms with Crippen LogP contribution in [0.2, 0.25) is 0 Å². The molecular weight excluding hydrogens is 267 g/mol. The molecule has 21 heavy (non-hydrogen) atoms. The van der Waals surface area contributed by atoms with Gasteiger partial charge in [-0.2, -0.15) is 0 Å². The van der Waals surface area contributed by atoms with E-state index in [1.54, 1.807) is 18.2 Å². The fourth-order valence-corrected chi connectivity index (χ4v) is 3.10.